The van der Waals surface area contributed by atoms with Gasteiger partial charge in [-0.05, 0) is 25.5 Å². The number of benzene rings is 1. The molecule has 126 valence electrons. The Morgan fingerprint density at radius 2 is 2.25 bits per heavy atom. The highest BCUT2D eigenvalue weighted by Gasteiger charge is 2.33. The lowest BCUT2D eigenvalue weighted by Gasteiger charge is -2.12. The summed E-state index contributed by atoms with van der Waals surface area (Å²) in [5, 5.41) is 6.56. The van der Waals surface area contributed by atoms with Gasteiger partial charge in [-0.1, -0.05) is 22.8 Å². The van der Waals surface area contributed by atoms with Crippen molar-refractivity contribution in [3.05, 3.63) is 40.4 Å². The van der Waals surface area contributed by atoms with Gasteiger partial charge in [0.05, 0.1) is 10.6 Å². The molecule has 6 nitrogen and oxygen atoms in total. The molecule has 2 aromatic rings. The first-order valence-electron chi connectivity index (χ1n) is 7.36. The van der Waals surface area contributed by atoms with E-state index in [0.29, 0.717) is 13.0 Å². The minimum Gasteiger partial charge on any atom is -0.360 e. The zero-order valence-electron chi connectivity index (χ0n) is 13.1. The molecule has 0 saturated carbocycles. The van der Waals surface area contributed by atoms with Crippen LogP contribution in [0.1, 0.15) is 22.5 Å². The van der Waals surface area contributed by atoms with Gasteiger partial charge in [0.25, 0.3) is 5.91 Å². The van der Waals surface area contributed by atoms with Gasteiger partial charge in [0, 0.05) is 13.6 Å². The van der Waals surface area contributed by atoms with Crippen LogP contribution < -0.4 is 5.32 Å². The van der Waals surface area contributed by atoms with E-state index in [2.05, 4.69) is 10.5 Å². The number of halogens is 2. The minimum absolute atomic E-state index is 0.00367. The molecule has 1 aromatic carbocycles. The number of hydrogen-bond donors (Lipinski definition) is 1. The molecule has 1 saturated heterocycles. The zero-order chi connectivity index (χ0) is 17.4. The van der Waals surface area contributed by atoms with E-state index in [1.807, 2.05) is 0 Å². The van der Waals surface area contributed by atoms with Crippen molar-refractivity contribution in [3.63, 3.8) is 0 Å². The van der Waals surface area contributed by atoms with E-state index >= 15 is 0 Å². The van der Waals surface area contributed by atoms with Crippen LogP contribution in [0.5, 0.6) is 0 Å². The highest BCUT2D eigenvalue weighted by molar-refractivity contribution is 6.33. The van der Waals surface area contributed by atoms with Gasteiger partial charge in [0.2, 0.25) is 5.91 Å². The Kier molecular flexibility index (Phi) is 4.28. The van der Waals surface area contributed by atoms with Crippen molar-refractivity contribution < 1.29 is 18.5 Å². The lowest BCUT2D eigenvalue weighted by atomic mass is 10.0. The van der Waals surface area contributed by atoms with Gasteiger partial charge in [-0.2, -0.15) is 0 Å². The first kappa shape index (κ1) is 16.4. The number of nitrogens with zero attached hydrogens (tertiary/aromatic N) is 2. The van der Waals surface area contributed by atoms with E-state index in [1.54, 1.807) is 18.9 Å². The molecule has 2 heterocycles. The number of aryl methyl sites for hydroxylation is 1. The molecule has 1 N–H and O–H groups in total. The Morgan fingerprint density at radius 1 is 1.50 bits per heavy atom. The molecule has 8 heteroatoms. The predicted molar refractivity (Wildman–Crippen MR) is 85.2 cm³/mol. The number of carbonyl (C=O) groups is 2. The summed E-state index contributed by atoms with van der Waals surface area (Å²) >= 11 is 6.05. The molecular weight excluding hydrogens is 337 g/mol. The van der Waals surface area contributed by atoms with Crippen LogP contribution >= 0.6 is 11.6 Å². The summed E-state index contributed by atoms with van der Waals surface area (Å²) in [6.45, 7) is 2.11. The van der Waals surface area contributed by atoms with Crippen molar-refractivity contribution in [1.29, 1.82) is 0 Å². The molecule has 0 spiro atoms. The van der Waals surface area contributed by atoms with Gasteiger partial charge in [-0.3, -0.25) is 9.59 Å². The van der Waals surface area contributed by atoms with Crippen LogP contribution in [0.25, 0.3) is 11.3 Å². The van der Waals surface area contributed by atoms with E-state index in [1.165, 1.54) is 18.2 Å². The maximum Gasteiger partial charge on any atom is 0.257 e. The average molecular weight is 352 g/mol. The molecule has 24 heavy (non-hydrogen) atoms. The van der Waals surface area contributed by atoms with Crippen LogP contribution in [0.15, 0.2) is 22.7 Å². The van der Waals surface area contributed by atoms with Gasteiger partial charge in [-0.25, -0.2) is 4.39 Å². The fraction of sp³-hybridized carbons (Fsp3) is 0.312. The maximum absolute atomic E-state index is 14.1. The Morgan fingerprint density at radius 3 is 2.88 bits per heavy atom. The van der Waals surface area contributed by atoms with Crippen LogP contribution in [0.2, 0.25) is 5.02 Å². The lowest BCUT2D eigenvalue weighted by Crippen LogP contribution is -2.40. The summed E-state index contributed by atoms with van der Waals surface area (Å²) in [5.74, 6) is -1.10. The van der Waals surface area contributed by atoms with E-state index in [-0.39, 0.29) is 33.5 Å². The Bertz CT molecular complexity index is 801. The van der Waals surface area contributed by atoms with Gasteiger partial charge < -0.3 is 14.7 Å². The second kappa shape index (κ2) is 6.24. The Hall–Kier alpha value is -2.41. The summed E-state index contributed by atoms with van der Waals surface area (Å²) in [6.07, 6.45) is 0.515. The quantitative estimate of drug-likeness (QED) is 0.921. The molecule has 1 fully saturated rings. The fourth-order valence-corrected chi connectivity index (χ4v) is 2.97. The van der Waals surface area contributed by atoms with Gasteiger partial charge >= 0.3 is 0 Å². The Labute approximate surface area is 142 Å². The third-order valence-electron chi connectivity index (χ3n) is 4.02. The van der Waals surface area contributed by atoms with Crippen molar-refractivity contribution in [3.8, 4) is 11.3 Å². The smallest absolute Gasteiger partial charge is 0.257 e. The topological polar surface area (TPSA) is 75.4 Å². The predicted octanol–water partition coefficient (Wildman–Crippen LogP) is 2.40. The van der Waals surface area contributed by atoms with Crippen molar-refractivity contribution in [2.24, 2.45) is 0 Å². The van der Waals surface area contributed by atoms with Crippen LogP contribution in [-0.2, 0) is 4.79 Å². The summed E-state index contributed by atoms with van der Waals surface area (Å²) in [5.41, 5.74) is 0.0901. The highest BCUT2D eigenvalue weighted by Crippen LogP contribution is 2.33. The van der Waals surface area contributed by atoms with E-state index in [4.69, 9.17) is 16.1 Å². The molecule has 0 bridgehead atoms. The summed E-state index contributed by atoms with van der Waals surface area (Å²) in [6, 6.07) is 3.57. The molecule has 0 radical (unpaired) electrons. The van der Waals surface area contributed by atoms with Crippen molar-refractivity contribution >= 4 is 23.4 Å². The van der Waals surface area contributed by atoms with E-state index in [9.17, 15) is 14.0 Å². The van der Waals surface area contributed by atoms with E-state index < -0.39 is 17.8 Å². The summed E-state index contributed by atoms with van der Waals surface area (Å²) in [4.78, 5) is 26.1. The maximum atomic E-state index is 14.1. The third kappa shape index (κ3) is 2.75. The number of nitrogens with one attached hydrogen (secondary N) is 1. The number of carbonyl (C=O) groups excluding carboxylic acids is 2. The molecule has 1 aliphatic rings. The van der Waals surface area contributed by atoms with Gasteiger partial charge in [0.15, 0.2) is 0 Å². The zero-order valence-corrected chi connectivity index (χ0v) is 13.9. The number of likely N-dealkylation sites (tertiary alicyclic amines) is 1. The van der Waals surface area contributed by atoms with Crippen LogP contribution in [0.3, 0.4) is 0 Å². The van der Waals surface area contributed by atoms with Gasteiger partial charge in [0.1, 0.15) is 28.9 Å². The number of amides is 2. The Balaban J connectivity index is 1.96. The second-order valence-electron chi connectivity index (χ2n) is 5.63. The van der Waals surface area contributed by atoms with Crippen molar-refractivity contribution in [2.45, 2.75) is 19.4 Å². The molecular formula is C16H15ClFN3O3. The summed E-state index contributed by atoms with van der Waals surface area (Å²) in [7, 11) is 1.67. The van der Waals surface area contributed by atoms with E-state index in [0.717, 1.165) is 0 Å². The SMILES string of the molecule is Cc1onc(-c2c(F)cccc2Cl)c1C(=O)NC1CCN(C)C1=O. The molecule has 1 unspecified atom stereocenters. The van der Waals surface area contributed by atoms with Crippen LogP contribution in [-0.4, -0.2) is 41.5 Å². The number of hydrogen-bond acceptors (Lipinski definition) is 4. The second-order valence-corrected chi connectivity index (χ2v) is 6.04. The number of likely N-dealkylation sites (N-methyl/N-ethyl adjacent to an activating group) is 1. The largest absolute Gasteiger partial charge is 0.360 e. The summed E-state index contributed by atoms with van der Waals surface area (Å²) < 4.78 is 19.2. The number of aromatic nitrogens is 1. The first-order valence-corrected chi connectivity index (χ1v) is 7.74. The minimum atomic E-state index is -0.610. The monoisotopic (exact) mass is 351 g/mol. The van der Waals surface area contributed by atoms with Crippen molar-refractivity contribution in [2.75, 3.05) is 13.6 Å². The molecule has 1 aromatic heterocycles. The molecule has 1 aliphatic heterocycles. The van der Waals surface area contributed by atoms with Gasteiger partial charge in [-0.15, -0.1) is 0 Å². The normalized spacial score (nSPS) is 17.4. The molecule has 3 rings (SSSR count). The highest BCUT2D eigenvalue weighted by atomic mass is 35.5. The molecule has 1 atom stereocenters. The molecule has 2 amide bonds. The number of rotatable bonds is 3. The lowest BCUT2D eigenvalue weighted by molar-refractivity contribution is -0.128. The first-order chi connectivity index (χ1) is 11.4. The van der Waals surface area contributed by atoms with Crippen LogP contribution in [0.4, 0.5) is 4.39 Å². The molecule has 0 aliphatic carbocycles. The fourth-order valence-electron chi connectivity index (χ4n) is 2.72. The standard InChI is InChI=1S/C16H15ClFN3O3/c1-8-12(15(22)19-11-6-7-21(2)16(11)23)14(20-24-8)13-9(17)4-3-5-10(13)18/h3-5,11H,6-7H2,1-2H3,(H,19,22). The van der Waals surface area contributed by atoms with Crippen LogP contribution in [0, 0.1) is 12.7 Å². The third-order valence-corrected chi connectivity index (χ3v) is 4.34. The average Bonchev–Trinajstić information content (AvgIpc) is 3.05. The van der Waals surface area contributed by atoms with Crippen molar-refractivity contribution in [1.82, 2.24) is 15.4 Å².